The van der Waals surface area contributed by atoms with Crippen LogP contribution in [0.1, 0.15) is 23.8 Å². The quantitative estimate of drug-likeness (QED) is 0.586. The molecular weight excluding hydrogens is 208 g/mol. The van der Waals surface area contributed by atoms with E-state index in [9.17, 15) is 4.79 Å². The Morgan fingerprint density at radius 2 is 2.31 bits per heavy atom. The van der Waals surface area contributed by atoms with E-state index in [2.05, 4.69) is 4.74 Å². The van der Waals surface area contributed by atoms with Gasteiger partial charge in [-0.25, -0.2) is 4.79 Å². The molecule has 1 aromatic rings. The Balaban J connectivity index is 2.60. The molecule has 0 saturated carbocycles. The zero-order valence-corrected chi connectivity index (χ0v) is 9.73. The summed E-state index contributed by atoms with van der Waals surface area (Å²) in [6.07, 6.45) is 2.57. The summed E-state index contributed by atoms with van der Waals surface area (Å²) >= 11 is 0. The molecule has 5 heteroatoms. The third kappa shape index (κ3) is 3.27. The first kappa shape index (κ1) is 12.6. The highest BCUT2D eigenvalue weighted by atomic mass is 16.5. The summed E-state index contributed by atoms with van der Waals surface area (Å²) in [5, 5.41) is 0. The molecule has 90 valence electrons. The summed E-state index contributed by atoms with van der Waals surface area (Å²) in [6.45, 7) is 4.03. The normalized spacial score (nSPS) is 10.4. The number of rotatable bonds is 6. The van der Waals surface area contributed by atoms with Crippen LogP contribution in [0, 0.1) is 0 Å². The van der Waals surface area contributed by atoms with E-state index in [1.54, 1.807) is 16.8 Å². The lowest BCUT2D eigenvalue weighted by molar-refractivity contribution is 0.0587. The molecule has 0 atom stereocenters. The van der Waals surface area contributed by atoms with E-state index >= 15 is 0 Å². The molecule has 1 heterocycles. The van der Waals surface area contributed by atoms with Gasteiger partial charge < -0.3 is 19.8 Å². The fourth-order valence-electron chi connectivity index (χ4n) is 1.47. The van der Waals surface area contributed by atoms with Crippen molar-refractivity contribution in [3.05, 3.63) is 18.0 Å². The number of hydrogen-bond donors (Lipinski definition) is 1. The van der Waals surface area contributed by atoms with Crippen LogP contribution in [-0.2, 0) is 16.0 Å². The van der Waals surface area contributed by atoms with Crippen LogP contribution in [0.2, 0.25) is 0 Å². The summed E-state index contributed by atoms with van der Waals surface area (Å²) in [5.41, 5.74) is 6.69. The van der Waals surface area contributed by atoms with Crippen molar-refractivity contribution in [2.45, 2.75) is 19.9 Å². The number of carbonyl (C=O) groups is 1. The van der Waals surface area contributed by atoms with Crippen LogP contribution in [-0.4, -0.2) is 30.9 Å². The van der Waals surface area contributed by atoms with Crippen molar-refractivity contribution in [2.75, 3.05) is 26.1 Å². The Labute approximate surface area is 95.1 Å². The molecule has 0 aromatic carbocycles. The Morgan fingerprint density at radius 1 is 1.56 bits per heavy atom. The van der Waals surface area contributed by atoms with Crippen LogP contribution >= 0.6 is 0 Å². The molecule has 0 amide bonds. The first-order chi connectivity index (χ1) is 7.69. The summed E-state index contributed by atoms with van der Waals surface area (Å²) in [7, 11) is 1.36. The Hall–Kier alpha value is -1.49. The summed E-state index contributed by atoms with van der Waals surface area (Å²) in [5.74, 6) is -0.367. The van der Waals surface area contributed by atoms with Crippen molar-refractivity contribution in [3.63, 3.8) is 0 Å². The number of methoxy groups -OCH3 is 1. The van der Waals surface area contributed by atoms with Crippen LogP contribution < -0.4 is 5.73 Å². The van der Waals surface area contributed by atoms with Crippen molar-refractivity contribution in [3.8, 4) is 0 Å². The van der Waals surface area contributed by atoms with Crippen molar-refractivity contribution < 1.29 is 14.3 Å². The lowest BCUT2D eigenvalue weighted by Gasteiger charge is -2.07. The number of aryl methyl sites for hydroxylation is 1. The van der Waals surface area contributed by atoms with Gasteiger partial charge >= 0.3 is 5.97 Å². The van der Waals surface area contributed by atoms with E-state index in [4.69, 9.17) is 10.5 Å². The SMILES string of the molecule is CCOCCCn1cc(N)cc1C(=O)OC. The Bertz CT molecular complexity index is 347. The fourth-order valence-corrected chi connectivity index (χ4v) is 1.47. The lowest BCUT2D eigenvalue weighted by Crippen LogP contribution is -2.11. The molecule has 0 aliphatic heterocycles. The summed E-state index contributed by atoms with van der Waals surface area (Å²) < 4.78 is 11.7. The van der Waals surface area contributed by atoms with Crippen molar-refractivity contribution >= 4 is 11.7 Å². The van der Waals surface area contributed by atoms with E-state index in [-0.39, 0.29) is 5.97 Å². The predicted molar refractivity (Wildman–Crippen MR) is 61.3 cm³/mol. The molecule has 1 aromatic heterocycles. The molecular formula is C11H18N2O3. The maximum absolute atomic E-state index is 11.4. The highest BCUT2D eigenvalue weighted by Gasteiger charge is 2.12. The highest BCUT2D eigenvalue weighted by Crippen LogP contribution is 2.12. The van der Waals surface area contributed by atoms with E-state index < -0.39 is 0 Å². The molecule has 0 spiro atoms. The van der Waals surface area contributed by atoms with Gasteiger partial charge in [-0.15, -0.1) is 0 Å². The van der Waals surface area contributed by atoms with Crippen LogP contribution in [0.15, 0.2) is 12.3 Å². The number of nitrogens with zero attached hydrogens (tertiary/aromatic N) is 1. The molecule has 0 aliphatic rings. The van der Waals surface area contributed by atoms with Gasteiger partial charge in [0.05, 0.1) is 12.8 Å². The standard InChI is InChI=1S/C11H18N2O3/c1-3-16-6-4-5-13-8-9(12)7-10(13)11(14)15-2/h7-8H,3-6,12H2,1-2H3. The molecule has 0 fully saturated rings. The van der Waals surface area contributed by atoms with Gasteiger partial charge in [-0.3, -0.25) is 0 Å². The van der Waals surface area contributed by atoms with Crippen molar-refractivity contribution in [1.82, 2.24) is 4.57 Å². The van der Waals surface area contributed by atoms with Crippen LogP contribution in [0.25, 0.3) is 0 Å². The Morgan fingerprint density at radius 3 is 2.94 bits per heavy atom. The first-order valence-electron chi connectivity index (χ1n) is 5.30. The third-order valence-corrected chi connectivity index (χ3v) is 2.20. The number of carbonyl (C=O) groups excluding carboxylic acids is 1. The van der Waals surface area contributed by atoms with Gasteiger partial charge in [0.15, 0.2) is 0 Å². The second-order valence-corrected chi connectivity index (χ2v) is 3.39. The molecule has 5 nitrogen and oxygen atoms in total. The molecule has 0 radical (unpaired) electrons. The highest BCUT2D eigenvalue weighted by molar-refractivity contribution is 5.88. The van der Waals surface area contributed by atoms with Crippen LogP contribution in [0.3, 0.4) is 0 Å². The van der Waals surface area contributed by atoms with Crippen LogP contribution in [0.4, 0.5) is 5.69 Å². The number of aromatic nitrogens is 1. The zero-order chi connectivity index (χ0) is 12.0. The smallest absolute Gasteiger partial charge is 0.354 e. The average molecular weight is 226 g/mol. The molecule has 2 N–H and O–H groups in total. The van der Waals surface area contributed by atoms with Gasteiger partial charge in [-0.05, 0) is 19.4 Å². The lowest BCUT2D eigenvalue weighted by atomic mass is 10.4. The number of hydrogen-bond acceptors (Lipinski definition) is 4. The van der Waals surface area contributed by atoms with Gasteiger partial charge in [-0.1, -0.05) is 0 Å². The number of nitrogen functional groups attached to an aromatic ring is 1. The predicted octanol–water partition coefficient (Wildman–Crippen LogP) is 1.28. The van der Waals surface area contributed by atoms with Gasteiger partial charge in [0.2, 0.25) is 0 Å². The van der Waals surface area contributed by atoms with Gasteiger partial charge in [0, 0.05) is 26.0 Å². The number of anilines is 1. The summed E-state index contributed by atoms with van der Waals surface area (Å²) in [4.78, 5) is 11.4. The first-order valence-corrected chi connectivity index (χ1v) is 5.30. The van der Waals surface area contributed by atoms with E-state index in [1.807, 2.05) is 6.92 Å². The average Bonchev–Trinajstić information content (AvgIpc) is 2.65. The monoisotopic (exact) mass is 226 g/mol. The molecule has 0 aliphatic carbocycles. The molecule has 0 unspecified atom stereocenters. The second-order valence-electron chi connectivity index (χ2n) is 3.39. The number of ether oxygens (including phenoxy) is 2. The minimum absolute atomic E-state index is 0.367. The largest absolute Gasteiger partial charge is 0.464 e. The minimum Gasteiger partial charge on any atom is -0.464 e. The fraction of sp³-hybridized carbons (Fsp3) is 0.545. The van der Waals surface area contributed by atoms with E-state index in [1.165, 1.54) is 7.11 Å². The topological polar surface area (TPSA) is 66.5 Å². The maximum atomic E-state index is 11.4. The molecule has 0 saturated heterocycles. The summed E-state index contributed by atoms with van der Waals surface area (Å²) in [6, 6.07) is 1.62. The maximum Gasteiger partial charge on any atom is 0.354 e. The third-order valence-electron chi connectivity index (χ3n) is 2.20. The van der Waals surface area contributed by atoms with Gasteiger partial charge in [0.25, 0.3) is 0 Å². The Kier molecular flexibility index (Phi) is 4.85. The zero-order valence-electron chi connectivity index (χ0n) is 9.73. The molecule has 0 bridgehead atoms. The molecule has 1 rings (SSSR count). The molecule has 16 heavy (non-hydrogen) atoms. The second kappa shape index (κ2) is 6.17. The van der Waals surface area contributed by atoms with Gasteiger partial charge in [-0.2, -0.15) is 0 Å². The number of esters is 1. The number of nitrogens with two attached hydrogens (primary N) is 1. The van der Waals surface area contributed by atoms with Gasteiger partial charge in [0.1, 0.15) is 5.69 Å². The van der Waals surface area contributed by atoms with Crippen molar-refractivity contribution in [1.29, 1.82) is 0 Å². The van der Waals surface area contributed by atoms with Crippen LogP contribution in [0.5, 0.6) is 0 Å². The van der Waals surface area contributed by atoms with E-state index in [0.717, 1.165) is 6.42 Å². The van der Waals surface area contributed by atoms with Crippen molar-refractivity contribution in [2.24, 2.45) is 0 Å². The minimum atomic E-state index is -0.367. The van der Waals surface area contributed by atoms with E-state index in [0.29, 0.717) is 31.1 Å².